The number of rotatable bonds is 1. The van der Waals surface area contributed by atoms with Gasteiger partial charge < -0.3 is 10.0 Å². The summed E-state index contributed by atoms with van der Waals surface area (Å²) in [5.74, 6) is 0. The lowest BCUT2D eigenvalue weighted by Gasteiger charge is -2.11. The highest BCUT2D eigenvalue weighted by atomic mass is 35.5. The monoisotopic (exact) mass is 258 g/mol. The van der Waals surface area contributed by atoms with Crippen molar-refractivity contribution >= 4 is 35.8 Å². The Morgan fingerprint density at radius 2 is 1.67 bits per heavy atom. The third-order valence-corrected chi connectivity index (χ3v) is 2.48. The van der Waals surface area contributed by atoms with Crippen LogP contribution in [0.1, 0.15) is 5.56 Å². The van der Waals surface area contributed by atoms with E-state index in [4.69, 9.17) is 33.2 Å². The fourth-order valence-corrected chi connectivity index (χ4v) is 1.40. The minimum atomic E-state index is -4.61. The molecule has 1 rings (SSSR count). The molecule has 0 heterocycles. The molecule has 0 aliphatic carbocycles. The van der Waals surface area contributed by atoms with E-state index in [1.807, 2.05) is 0 Å². The molecule has 0 amide bonds. The molecule has 0 aliphatic heterocycles. The topological polar surface area (TPSA) is 40.5 Å². The first-order valence-corrected chi connectivity index (χ1v) is 4.41. The maximum absolute atomic E-state index is 12.3. The molecule has 8 heteroatoms. The highest BCUT2D eigenvalue weighted by Gasteiger charge is 2.33. The fourth-order valence-electron chi connectivity index (χ4n) is 0.962. The van der Waals surface area contributed by atoms with Crippen LogP contribution in [0.2, 0.25) is 10.0 Å². The summed E-state index contributed by atoms with van der Waals surface area (Å²) < 4.78 is 36.8. The molecule has 2 N–H and O–H groups in total. The van der Waals surface area contributed by atoms with E-state index in [1.165, 1.54) is 0 Å². The van der Waals surface area contributed by atoms with Gasteiger partial charge in [0.2, 0.25) is 0 Å². The van der Waals surface area contributed by atoms with Crippen molar-refractivity contribution in [3.8, 4) is 0 Å². The van der Waals surface area contributed by atoms with Crippen molar-refractivity contribution in [3.05, 3.63) is 27.7 Å². The van der Waals surface area contributed by atoms with E-state index in [2.05, 4.69) is 0 Å². The number of hydrogen-bond acceptors (Lipinski definition) is 2. The maximum atomic E-state index is 12.3. The van der Waals surface area contributed by atoms with Gasteiger partial charge in [-0.05, 0) is 12.1 Å². The highest BCUT2D eigenvalue weighted by molar-refractivity contribution is 6.64. The summed E-state index contributed by atoms with van der Waals surface area (Å²) in [5, 5.41) is 16.8. The van der Waals surface area contributed by atoms with Gasteiger partial charge in [0.1, 0.15) is 0 Å². The molecule has 0 saturated carbocycles. The van der Waals surface area contributed by atoms with Gasteiger partial charge in [-0.1, -0.05) is 23.2 Å². The molecule has 1 aromatic carbocycles. The maximum Gasteiger partial charge on any atom is 0.490 e. The molecule has 0 radical (unpaired) electrons. The predicted octanol–water partition coefficient (Wildman–Crippen LogP) is 1.69. The van der Waals surface area contributed by atoms with Crippen LogP contribution in [0.4, 0.5) is 13.2 Å². The molecule has 0 atom stereocenters. The zero-order valence-electron chi connectivity index (χ0n) is 7.02. The minimum Gasteiger partial charge on any atom is -0.423 e. The lowest BCUT2D eigenvalue weighted by Crippen LogP contribution is -2.32. The summed E-state index contributed by atoms with van der Waals surface area (Å²) in [6, 6.07) is 1.16. The molecule has 0 bridgehead atoms. The van der Waals surface area contributed by atoms with Crippen LogP contribution in [0.25, 0.3) is 0 Å². The molecule has 0 unspecified atom stereocenters. The summed E-state index contributed by atoms with van der Waals surface area (Å²) in [6.07, 6.45) is -4.61. The summed E-state index contributed by atoms with van der Waals surface area (Å²) in [5.41, 5.74) is -1.56. The van der Waals surface area contributed by atoms with Gasteiger partial charge in [0.15, 0.2) is 0 Å². The Labute approximate surface area is 93.4 Å². The van der Waals surface area contributed by atoms with Crippen molar-refractivity contribution < 1.29 is 23.2 Å². The molecule has 0 aromatic heterocycles. The van der Waals surface area contributed by atoms with E-state index in [1.54, 1.807) is 0 Å². The van der Waals surface area contributed by atoms with E-state index < -0.39 is 24.3 Å². The number of benzene rings is 1. The fraction of sp³-hybridized carbons (Fsp3) is 0.143. The first kappa shape index (κ1) is 12.6. The quantitative estimate of drug-likeness (QED) is 0.753. The number of hydrogen-bond donors (Lipinski definition) is 2. The smallest absolute Gasteiger partial charge is 0.423 e. The normalized spacial score (nSPS) is 11.7. The lowest BCUT2D eigenvalue weighted by molar-refractivity contribution is -0.137. The van der Waals surface area contributed by atoms with E-state index in [9.17, 15) is 13.2 Å². The third-order valence-electron chi connectivity index (χ3n) is 1.66. The summed E-state index contributed by atoms with van der Waals surface area (Å²) in [6.45, 7) is 0. The molecule has 82 valence electrons. The second-order valence-corrected chi connectivity index (χ2v) is 3.52. The SMILES string of the molecule is OB(O)c1cc(C(F)(F)F)cc(Cl)c1Cl. The molecular weight excluding hydrogens is 255 g/mol. The van der Waals surface area contributed by atoms with Gasteiger partial charge in [-0.15, -0.1) is 0 Å². The average Bonchev–Trinajstić information content (AvgIpc) is 2.06. The van der Waals surface area contributed by atoms with Crippen LogP contribution < -0.4 is 5.46 Å². The van der Waals surface area contributed by atoms with Crippen LogP contribution in [-0.2, 0) is 6.18 Å². The van der Waals surface area contributed by atoms with Crippen LogP contribution in [0.5, 0.6) is 0 Å². The van der Waals surface area contributed by atoms with E-state index >= 15 is 0 Å². The Hall–Kier alpha value is -0.425. The van der Waals surface area contributed by atoms with Crippen LogP contribution in [-0.4, -0.2) is 17.2 Å². The van der Waals surface area contributed by atoms with Gasteiger partial charge in [0.05, 0.1) is 15.6 Å². The van der Waals surface area contributed by atoms with Gasteiger partial charge in [-0.25, -0.2) is 0 Å². The van der Waals surface area contributed by atoms with Crippen molar-refractivity contribution in [3.63, 3.8) is 0 Å². The highest BCUT2D eigenvalue weighted by Crippen LogP contribution is 2.32. The van der Waals surface area contributed by atoms with Crippen molar-refractivity contribution in [1.82, 2.24) is 0 Å². The second kappa shape index (κ2) is 4.21. The summed E-state index contributed by atoms with van der Waals surface area (Å²) in [7, 11) is -2.10. The molecule has 2 nitrogen and oxygen atoms in total. The van der Waals surface area contributed by atoms with Crippen LogP contribution in [0.15, 0.2) is 12.1 Å². The third kappa shape index (κ3) is 2.78. The Bertz CT molecular complexity index is 381. The predicted molar refractivity (Wildman–Crippen MR) is 51.3 cm³/mol. The molecule has 0 aliphatic rings. The standard InChI is InChI=1S/C7H4BCl2F3O2/c9-5-2-3(7(11,12)13)1-4(6(5)10)8(14)15/h1-2,14-15H. The zero-order chi connectivity index (χ0) is 11.8. The summed E-state index contributed by atoms with van der Waals surface area (Å²) in [4.78, 5) is 0. The Morgan fingerprint density at radius 1 is 1.13 bits per heavy atom. The number of alkyl halides is 3. The zero-order valence-corrected chi connectivity index (χ0v) is 8.53. The van der Waals surface area contributed by atoms with E-state index in [0.29, 0.717) is 12.1 Å². The molecule has 1 aromatic rings. The first-order chi connectivity index (χ1) is 6.73. The first-order valence-electron chi connectivity index (χ1n) is 3.65. The Morgan fingerprint density at radius 3 is 2.07 bits per heavy atom. The van der Waals surface area contributed by atoms with Gasteiger partial charge >= 0.3 is 13.3 Å². The van der Waals surface area contributed by atoms with E-state index in [0.717, 1.165) is 0 Å². The molecule has 0 spiro atoms. The molecule has 0 fully saturated rings. The van der Waals surface area contributed by atoms with Crippen molar-refractivity contribution in [2.75, 3.05) is 0 Å². The summed E-state index contributed by atoms with van der Waals surface area (Å²) >= 11 is 10.9. The average molecular weight is 259 g/mol. The Kier molecular flexibility index (Phi) is 3.55. The molecule has 15 heavy (non-hydrogen) atoms. The van der Waals surface area contributed by atoms with Gasteiger partial charge in [0, 0.05) is 5.46 Å². The molecule has 0 saturated heterocycles. The number of halogens is 5. The van der Waals surface area contributed by atoms with Gasteiger partial charge in [-0.2, -0.15) is 13.2 Å². The second-order valence-electron chi connectivity index (χ2n) is 2.73. The van der Waals surface area contributed by atoms with Crippen LogP contribution in [0.3, 0.4) is 0 Å². The van der Waals surface area contributed by atoms with Crippen molar-refractivity contribution in [2.24, 2.45) is 0 Å². The minimum absolute atomic E-state index is 0.306. The largest absolute Gasteiger partial charge is 0.490 e. The van der Waals surface area contributed by atoms with E-state index in [-0.39, 0.29) is 10.0 Å². The van der Waals surface area contributed by atoms with Crippen LogP contribution in [0, 0.1) is 0 Å². The van der Waals surface area contributed by atoms with Crippen molar-refractivity contribution in [2.45, 2.75) is 6.18 Å². The van der Waals surface area contributed by atoms with Gasteiger partial charge in [0.25, 0.3) is 0 Å². The van der Waals surface area contributed by atoms with Crippen LogP contribution >= 0.6 is 23.2 Å². The van der Waals surface area contributed by atoms with Crippen molar-refractivity contribution in [1.29, 1.82) is 0 Å². The van der Waals surface area contributed by atoms with Gasteiger partial charge in [-0.3, -0.25) is 0 Å². The lowest BCUT2D eigenvalue weighted by atomic mass is 9.79. The Balaban J connectivity index is 3.36. The molecular formula is C7H4BCl2F3O2.